The molecule has 0 bridgehead atoms. The van der Waals surface area contributed by atoms with Gasteiger partial charge in [-0.15, -0.1) is 5.10 Å². The second kappa shape index (κ2) is 10.5. The van der Waals surface area contributed by atoms with E-state index >= 15 is 0 Å². The molecule has 4 aromatic heterocycles. The predicted molar refractivity (Wildman–Crippen MR) is 153 cm³/mol. The molecule has 0 aliphatic carbocycles. The quantitative estimate of drug-likeness (QED) is 0.272. The van der Waals surface area contributed by atoms with Crippen molar-refractivity contribution < 1.29 is 9.53 Å². The monoisotopic (exact) mass is 540 g/mol. The number of aromatic amines is 1. The zero-order chi connectivity index (χ0) is 27.8. The number of benzene rings is 1. The molecule has 0 radical (unpaired) electrons. The highest BCUT2D eigenvalue weighted by molar-refractivity contribution is 6.06. The van der Waals surface area contributed by atoms with Gasteiger partial charge in [-0.3, -0.25) is 19.1 Å². The van der Waals surface area contributed by atoms with Crippen LogP contribution in [0.5, 0.6) is 5.88 Å². The van der Waals surface area contributed by atoms with Gasteiger partial charge in [0.2, 0.25) is 17.7 Å². The summed E-state index contributed by atoms with van der Waals surface area (Å²) in [7, 11) is 3.75. The topological polar surface area (TPSA) is 131 Å². The number of rotatable bonds is 8. The molecule has 6 rings (SSSR count). The molecule has 3 N–H and O–H groups in total. The van der Waals surface area contributed by atoms with Gasteiger partial charge in [0.15, 0.2) is 5.82 Å². The molecule has 1 fully saturated rings. The lowest BCUT2D eigenvalue weighted by molar-refractivity contribution is -0.117. The minimum absolute atomic E-state index is 0.0225. The third-order valence-electron chi connectivity index (χ3n) is 7.14. The molecule has 0 spiro atoms. The Morgan fingerprint density at radius 3 is 2.85 bits per heavy atom. The molecule has 1 unspecified atom stereocenters. The highest BCUT2D eigenvalue weighted by atomic mass is 16.5. The smallest absolute Gasteiger partial charge is 0.238 e. The van der Waals surface area contributed by atoms with Crippen molar-refractivity contribution in [3.63, 3.8) is 0 Å². The summed E-state index contributed by atoms with van der Waals surface area (Å²) in [5.41, 5.74) is 5.27. The molecule has 1 aromatic carbocycles. The van der Waals surface area contributed by atoms with Crippen LogP contribution in [0.4, 0.5) is 17.5 Å². The molecular formula is C28H32N10O2. The number of fused-ring (bicyclic) bond motifs is 1. The summed E-state index contributed by atoms with van der Waals surface area (Å²) in [6, 6.07) is 9.66. The molecule has 5 aromatic rings. The van der Waals surface area contributed by atoms with Gasteiger partial charge >= 0.3 is 0 Å². The van der Waals surface area contributed by atoms with E-state index < -0.39 is 0 Å². The minimum atomic E-state index is -0.0718. The third-order valence-corrected chi connectivity index (χ3v) is 7.14. The summed E-state index contributed by atoms with van der Waals surface area (Å²) in [5.74, 6) is 1.69. The zero-order valence-corrected chi connectivity index (χ0v) is 23.0. The van der Waals surface area contributed by atoms with Gasteiger partial charge in [0.1, 0.15) is 6.10 Å². The number of amides is 1. The summed E-state index contributed by atoms with van der Waals surface area (Å²) in [5, 5.41) is 16.0. The largest absolute Gasteiger partial charge is 0.472 e. The van der Waals surface area contributed by atoms with Crippen molar-refractivity contribution >= 4 is 34.3 Å². The van der Waals surface area contributed by atoms with Crippen LogP contribution in [0.1, 0.15) is 17.7 Å². The lowest BCUT2D eigenvalue weighted by Crippen LogP contribution is -2.33. The van der Waals surface area contributed by atoms with Crippen LogP contribution in [0.25, 0.3) is 22.2 Å². The Kier molecular flexibility index (Phi) is 6.68. The number of hydrogen-bond donors (Lipinski definition) is 3. The van der Waals surface area contributed by atoms with Gasteiger partial charge in [0, 0.05) is 74.6 Å². The molecule has 1 atom stereocenters. The average molecular weight is 541 g/mol. The number of para-hydroxylation sites is 1. The van der Waals surface area contributed by atoms with Crippen molar-refractivity contribution in [2.24, 2.45) is 14.1 Å². The normalized spacial score (nSPS) is 15.6. The van der Waals surface area contributed by atoms with E-state index in [4.69, 9.17) is 9.72 Å². The molecule has 40 heavy (non-hydrogen) atoms. The first-order valence-electron chi connectivity index (χ1n) is 13.2. The predicted octanol–water partition coefficient (Wildman–Crippen LogP) is 3.54. The number of hydrogen-bond acceptors (Lipinski definition) is 8. The first-order chi connectivity index (χ1) is 19.3. The first kappa shape index (κ1) is 25.6. The van der Waals surface area contributed by atoms with Gasteiger partial charge in [0.25, 0.3) is 0 Å². The maximum Gasteiger partial charge on any atom is 0.238 e. The van der Waals surface area contributed by atoms with Gasteiger partial charge in [0.05, 0.1) is 23.4 Å². The van der Waals surface area contributed by atoms with Gasteiger partial charge in [-0.05, 0) is 31.9 Å². The maximum atomic E-state index is 13.0. The van der Waals surface area contributed by atoms with Crippen LogP contribution < -0.4 is 15.4 Å². The van der Waals surface area contributed by atoms with Crippen molar-refractivity contribution in [2.75, 3.05) is 30.3 Å². The Labute approximate surface area is 231 Å². The molecule has 206 valence electrons. The third kappa shape index (κ3) is 5.25. The van der Waals surface area contributed by atoms with Crippen molar-refractivity contribution in [1.29, 1.82) is 0 Å². The number of aromatic nitrogens is 7. The van der Waals surface area contributed by atoms with Gasteiger partial charge < -0.3 is 20.4 Å². The Morgan fingerprint density at radius 2 is 2.08 bits per heavy atom. The van der Waals surface area contributed by atoms with E-state index in [9.17, 15) is 4.79 Å². The average Bonchev–Trinajstić information content (AvgIpc) is 3.70. The summed E-state index contributed by atoms with van der Waals surface area (Å²) in [6.45, 7) is 5.74. The van der Waals surface area contributed by atoms with Gasteiger partial charge in [-0.1, -0.05) is 12.1 Å². The van der Waals surface area contributed by atoms with E-state index in [-0.39, 0.29) is 12.0 Å². The first-order valence-corrected chi connectivity index (χ1v) is 13.2. The fraction of sp³-hybridized carbons (Fsp3) is 0.321. The van der Waals surface area contributed by atoms with Crippen molar-refractivity contribution in [2.45, 2.75) is 26.4 Å². The van der Waals surface area contributed by atoms with Crippen LogP contribution in [-0.2, 0) is 18.9 Å². The van der Waals surface area contributed by atoms with Crippen molar-refractivity contribution in [3.05, 3.63) is 60.2 Å². The minimum Gasteiger partial charge on any atom is -0.472 e. The standard InChI is InChI=1S/C28H32N10O2/c1-17-13-30-28(32-23-12-18(2)37(4)34-23)33-26(17)21-14-29-27-20(21)6-5-7-22(27)31-24(39)16-38-11-8-19(15-38)40-25-9-10-36(3)35-25/h5-7,9-10,12-14,19,29H,8,11,15-16H2,1-4H3,(H,31,39)(H,30,32,33,34). The van der Waals surface area contributed by atoms with E-state index in [1.54, 1.807) is 15.6 Å². The fourth-order valence-corrected chi connectivity index (χ4v) is 5.02. The molecule has 1 saturated heterocycles. The van der Waals surface area contributed by atoms with Crippen LogP contribution in [0, 0.1) is 13.8 Å². The molecule has 5 heterocycles. The van der Waals surface area contributed by atoms with Gasteiger partial charge in [-0.2, -0.15) is 5.10 Å². The molecule has 1 amide bonds. The number of carbonyl (C=O) groups is 1. The molecular weight excluding hydrogens is 508 g/mol. The molecule has 12 nitrogen and oxygen atoms in total. The number of likely N-dealkylation sites (tertiary alicyclic amines) is 1. The van der Waals surface area contributed by atoms with Crippen LogP contribution in [0.3, 0.4) is 0 Å². The van der Waals surface area contributed by atoms with E-state index in [1.807, 2.05) is 70.7 Å². The fourth-order valence-electron chi connectivity index (χ4n) is 5.02. The molecule has 12 heteroatoms. The second-order valence-corrected chi connectivity index (χ2v) is 10.2. The van der Waals surface area contributed by atoms with Crippen molar-refractivity contribution in [3.8, 4) is 17.1 Å². The lowest BCUT2D eigenvalue weighted by atomic mass is 10.1. The number of nitrogens with zero attached hydrogens (tertiary/aromatic N) is 7. The summed E-state index contributed by atoms with van der Waals surface area (Å²) >= 11 is 0. The Balaban J connectivity index is 1.15. The van der Waals surface area contributed by atoms with E-state index in [0.29, 0.717) is 30.7 Å². The SMILES string of the molecule is Cc1cnc(Nc2cc(C)n(C)n2)nc1-c1c[nH]c2c(NC(=O)CN3CCC(Oc4ccn(C)n4)C3)cccc12. The van der Waals surface area contributed by atoms with E-state index in [2.05, 4.69) is 35.7 Å². The highest BCUT2D eigenvalue weighted by Crippen LogP contribution is 2.33. The number of nitrogens with one attached hydrogen (secondary N) is 3. The highest BCUT2D eigenvalue weighted by Gasteiger charge is 2.26. The van der Waals surface area contributed by atoms with Gasteiger partial charge in [-0.25, -0.2) is 9.97 Å². The van der Waals surface area contributed by atoms with Crippen LogP contribution in [0.15, 0.2) is 48.9 Å². The van der Waals surface area contributed by atoms with E-state index in [1.165, 1.54) is 0 Å². The van der Waals surface area contributed by atoms with Crippen LogP contribution in [0.2, 0.25) is 0 Å². The number of ether oxygens (including phenoxy) is 1. The number of anilines is 3. The Bertz CT molecular complexity index is 1660. The lowest BCUT2D eigenvalue weighted by Gasteiger charge is -2.16. The number of carbonyl (C=O) groups excluding carboxylic acids is 1. The number of aryl methyl sites for hydroxylation is 4. The second-order valence-electron chi connectivity index (χ2n) is 10.2. The molecule has 0 saturated carbocycles. The van der Waals surface area contributed by atoms with Crippen LogP contribution in [-0.4, -0.2) is 71.1 Å². The van der Waals surface area contributed by atoms with Crippen LogP contribution >= 0.6 is 0 Å². The maximum absolute atomic E-state index is 13.0. The summed E-state index contributed by atoms with van der Waals surface area (Å²) in [4.78, 5) is 27.7. The Morgan fingerprint density at radius 1 is 1.20 bits per heavy atom. The van der Waals surface area contributed by atoms with E-state index in [0.717, 1.165) is 52.1 Å². The summed E-state index contributed by atoms with van der Waals surface area (Å²) in [6.07, 6.45) is 6.45. The summed E-state index contributed by atoms with van der Waals surface area (Å²) < 4.78 is 9.47. The Hall–Kier alpha value is -4.71. The number of H-pyrrole nitrogens is 1. The van der Waals surface area contributed by atoms with Crippen molar-refractivity contribution in [1.82, 2.24) is 39.4 Å². The zero-order valence-electron chi connectivity index (χ0n) is 23.0. The molecule has 1 aliphatic rings. The molecule has 1 aliphatic heterocycles.